The van der Waals surface area contributed by atoms with Crippen molar-refractivity contribution in [2.75, 3.05) is 10.6 Å². The minimum absolute atomic E-state index is 0.349. The van der Waals surface area contributed by atoms with Crippen molar-refractivity contribution in [1.29, 1.82) is 0 Å². The molecule has 0 saturated carbocycles. The van der Waals surface area contributed by atoms with Crippen molar-refractivity contribution in [2.24, 2.45) is 0 Å². The van der Waals surface area contributed by atoms with Crippen LogP contribution in [0.5, 0.6) is 0 Å². The number of halogens is 6. The second-order valence-corrected chi connectivity index (χ2v) is 5.81. The van der Waals surface area contributed by atoms with Gasteiger partial charge in [0.2, 0.25) is 0 Å². The summed E-state index contributed by atoms with van der Waals surface area (Å²) in [6.07, 6.45) is 0. The third-order valence-corrected chi connectivity index (χ3v) is 3.71. The molecule has 0 unspecified atom stereocenters. The van der Waals surface area contributed by atoms with Crippen LogP contribution in [0.15, 0.2) is 42.5 Å². The fourth-order valence-electron chi connectivity index (χ4n) is 2.37. The van der Waals surface area contributed by atoms with Crippen molar-refractivity contribution < 1.29 is 35.9 Å². The van der Waals surface area contributed by atoms with E-state index in [4.69, 9.17) is 0 Å². The minimum atomic E-state index is -1.38. The highest BCUT2D eigenvalue weighted by atomic mass is 19.2. The number of rotatable bonds is 4. The zero-order valence-corrected chi connectivity index (χ0v) is 14.6. The summed E-state index contributed by atoms with van der Waals surface area (Å²) in [6, 6.07) is 4.74. The Labute approximate surface area is 164 Å². The van der Waals surface area contributed by atoms with E-state index in [9.17, 15) is 35.9 Å². The first kappa shape index (κ1) is 20.8. The number of amides is 2. The molecule has 11 heteroatoms. The molecule has 0 fully saturated rings. The van der Waals surface area contributed by atoms with Gasteiger partial charge in [0.05, 0.1) is 0 Å². The Balaban J connectivity index is 1.82. The van der Waals surface area contributed by atoms with Gasteiger partial charge < -0.3 is 10.6 Å². The van der Waals surface area contributed by atoms with Crippen molar-refractivity contribution in [3.63, 3.8) is 0 Å². The van der Waals surface area contributed by atoms with Crippen molar-refractivity contribution in [3.8, 4) is 0 Å². The number of carbonyl (C=O) groups excluding carboxylic acids is 2. The van der Waals surface area contributed by atoms with Crippen molar-refractivity contribution in [1.82, 2.24) is 4.98 Å². The maximum Gasteiger partial charge on any atom is 0.274 e. The Kier molecular flexibility index (Phi) is 5.72. The van der Waals surface area contributed by atoms with Crippen LogP contribution in [0.25, 0.3) is 0 Å². The molecule has 5 nitrogen and oxygen atoms in total. The van der Waals surface area contributed by atoms with Crippen LogP contribution < -0.4 is 10.6 Å². The number of aromatic nitrogens is 1. The Morgan fingerprint density at radius 2 is 0.967 bits per heavy atom. The summed E-state index contributed by atoms with van der Waals surface area (Å²) in [4.78, 5) is 28.0. The van der Waals surface area contributed by atoms with Gasteiger partial charge in [0.15, 0.2) is 23.3 Å². The number of benzene rings is 2. The largest absolute Gasteiger partial charge is 0.316 e. The summed E-state index contributed by atoms with van der Waals surface area (Å²) in [6.45, 7) is 0. The van der Waals surface area contributed by atoms with Crippen LogP contribution in [-0.4, -0.2) is 16.8 Å². The zero-order valence-electron chi connectivity index (χ0n) is 14.6. The number of pyridine rings is 1. The zero-order chi connectivity index (χ0) is 22.0. The fraction of sp³-hybridized carbons (Fsp3) is 0. The van der Waals surface area contributed by atoms with E-state index in [0.29, 0.717) is 24.3 Å². The first-order chi connectivity index (χ1) is 14.2. The van der Waals surface area contributed by atoms with Crippen LogP contribution in [0.3, 0.4) is 0 Å². The highest BCUT2D eigenvalue weighted by molar-refractivity contribution is 6.06. The molecule has 2 amide bonds. The van der Waals surface area contributed by atoms with Crippen LogP contribution in [0.1, 0.15) is 21.0 Å². The standard InChI is InChI=1S/C19H9F6N3O2/c20-8-4-10(22)16(11(23)5-8)27-18(29)14-2-1-3-15(26-14)19(30)28-17-12(24)6-9(21)7-13(17)25/h1-7H,(H,27,29)(H,28,30). The van der Waals surface area contributed by atoms with E-state index in [1.54, 1.807) is 0 Å². The number of carbonyl (C=O) groups is 2. The lowest BCUT2D eigenvalue weighted by Gasteiger charge is -2.10. The van der Waals surface area contributed by atoms with Gasteiger partial charge in [0.25, 0.3) is 11.8 Å². The molecule has 1 heterocycles. The van der Waals surface area contributed by atoms with E-state index in [1.165, 1.54) is 6.07 Å². The average molecular weight is 425 g/mol. The molecule has 0 bridgehead atoms. The van der Waals surface area contributed by atoms with Gasteiger partial charge in [-0.15, -0.1) is 0 Å². The van der Waals surface area contributed by atoms with Crippen LogP contribution in [0.4, 0.5) is 37.7 Å². The second-order valence-electron chi connectivity index (χ2n) is 5.81. The summed E-state index contributed by atoms with van der Waals surface area (Å²) < 4.78 is 80.5. The summed E-state index contributed by atoms with van der Waals surface area (Å²) in [5, 5.41) is 3.70. The third kappa shape index (κ3) is 4.40. The molecular weight excluding hydrogens is 416 g/mol. The lowest BCUT2D eigenvalue weighted by molar-refractivity contribution is 0.101. The predicted molar refractivity (Wildman–Crippen MR) is 92.8 cm³/mol. The lowest BCUT2D eigenvalue weighted by Crippen LogP contribution is -2.20. The average Bonchev–Trinajstić information content (AvgIpc) is 2.67. The third-order valence-electron chi connectivity index (χ3n) is 3.71. The molecule has 0 aliphatic heterocycles. The lowest BCUT2D eigenvalue weighted by atomic mass is 10.2. The Morgan fingerprint density at radius 1 is 0.633 bits per heavy atom. The maximum atomic E-state index is 13.7. The van der Waals surface area contributed by atoms with E-state index < -0.39 is 69.5 Å². The van der Waals surface area contributed by atoms with E-state index in [-0.39, 0.29) is 0 Å². The fourth-order valence-corrected chi connectivity index (χ4v) is 2.37. The molecule has 0 radical (unpaired) electrons. The summed E-state index contributed by atoms with van der Waals surface area (Å²) in [5.74, 6) is -10.2. The molecule has 0 spiro atoms. The van der Waals surface area contributed by atoms with Gasteiger partial charge in [-0.05, 0) is 12.1 Å². The second kappa shape index (κ2) is 8.23. The van der Waals surface area contributed by atoms with Crippen molar-refractivity contribution >= 4 is 23.2 Å². The Bertz CT molecular complexity index is 1040. The molecule has 3 aromatic rings. The quantitative estimate of drug-likeness (QED) is 0.608. The van der Waals surface area contributed by atoms with E-state index in [2.05, 4.69) is 4.98 Å². The van der Waals surface area contributed by atoms with Crippen LogP contribution in [0.2, 0.25) is 0 Å². The number of nitrogens with zero attached hydrogens (tertiary/aromatic N) is 1. The molecular formula is C19H9F6N3O2. The SMILES string of the molecule is O=C(Nc1c(F)cc(F)cc1F)c1cccc(C(=O)Nc2c(F)cc(F)cc2F)n1. The van der Waals surface area contributed by atoms with Gasteiger partial charge in [0, 0.05) is 24.3 Å². The molecule has 154 valence electrons. The minimum Gasteiger partial charge on any atom is -0.316 e. The topological polar surface area (TPSA) is 71.1 Å². The van der Waals surface area contributed by atoms with Gasteiger partial charge >= 0.3 is 0 Å². The van der Waals surface area contributed by atoms with Crippen LogP contribution >= 0.6 is 0 Å². The van der Waals surface area contributed by atoms with Crippen molar-refractivity contribution in [2.45, 2.75) is 0 Å². The number of nitrogens with one attached hydrogen (secondary N) is 2. The monoisotopic (exact) mass is 425 g/mol. The normalized spacial score (nSPS) is 10.6. The van der Waals surface area contributed by atoms with Gasteiger partial charge in [-0.3, -0.25) is 9.59 Å². The Hall–Kier alpha value is -3.89. The van der Waals surface area contributed by atoms with E-state index >= 15 is 0 Å². The van der Waals surface area contributed by atoms with E-state index in [1.807, 2.05) is 10.6 Å². The van der Waals surface area contributed by atoms with Crippen LogP contribution in [-0.2, 0) is 0 Å². The number of anilines is 2. The molecule has 30 heavy (non-hydrogen) atoms. The molecule has 0 atom stereocenters. The Morgan fingerprint density at radius 3 is 1.30 bits per heavy atom. The van der Waals surface area contributed by atoms with Crippen molar-refractivity contribution in [3.05, 3.63) is 88.8 Å². The molecule has 2 aromatic carbocycles. The highest BCUT2D eigenvalue weighted by Gasteiger charge is 2.19. The number of hydrogen-bond acceptors (Lipinski definition) is 3. The van der Waals surface area contributed by atoms with E-state index in [0.717, 1.165) is 12.1 Å². The first-order valence-corrected chi connectivity index (χ1v) is 8.04. The molecule has 0 saturated heterocycles. The molecule has 2 N–H and O–H groups in total. The predicted octanol–water partition coefficient (Wildman–Crippen LogP) is 4.42. The van der Waals surface area contributed by atoms with Gasteiger partial charge in [-0.25, -0.2) is 31.3 Å². The molecule has 3 rings (SSSR count). The summed E-state index contributed by atoms with van der Waals surface area (Å²) in [7, 11) is 0. The molecule has 1 aromatic heterocycles. The van der Waals surface area contributed by atoms with Gasteiger partial charge in [-0.1, -0.05) is 6.07 Å². The molecule has 0 aliphatic rings. The highest BCUT2D eigenvalue weighted by Crippen LogP contribution is 2.22. The maximum absolute atomic E-state index is 13.7. The summed E-state index contributed by atoms with van der Waals surface area (Å²) >= 11 is 0. The van der Waals surface area contributed by atoms with Crippen LogP contribution in [0, 0.1) is 34.9 Å². The van der Waals surface area contributed by atoms with Gasteiger partial charge in [0.1, 0.15) is 34.4 Å². The molecule has 0 aliphatic carbocycles. The first-order valence-electron chi connectivity index (χ1n) is 8.04. The smallest absolute Gasteiger partial charge is 0.274 e. The summed E-state index contributed by atoms with van der Waals surface area (Å²) in [5.41, 5.74) is -2.83. The number of hydrogen-bond donors (Lipinski definition) is 2. The van der Waals surface area contributed by atoms with Gasteiger partial charge in [-0.2, -0.15) is 0 Å².